The molecule has 0 amide bonds. The van der Waals surface area contributed by atoms with Crippen molar-refractivity contribution in [2.24, 2.45) is 7.05 Å². The lowest BCUT2D eigenvalue weighted by atomic mass is 9.99. The molecule has 4 aromatic rings. The molecular formula is C25H21N2+. The van der Waals surface area contributed by atoms with E-state index >= 15 is 0 Å². The fourth-order valence-corrected chi connectivity index (χ4v) is 3.95. The minimum atomic E-state index is 0.855. The van der Waals surface area contributed by atoms with Gasteiger partial charge in [-0.3, -0.25) is 0 Å². The number of imidazole rings is 1. The van der Waals surface area contributed by atoms with Crippen LogP contribution in [0.3, 0.4) is 0 Å². The van der Waals surface area contributed by atoms with Gasteiger partial charge in [0.05, 0.1) is 7.05 Å². The molecule has 1 aliphatic rings. The Kier molecular flexibility index (Phi) is 3.75. The lowest BCUT2D eigenvalue weighted by Crippen LogP contribution is -2.31. The summed E-state index contributed by atoms with van der Waals surface area (Å²) in [5.74, 6) is 1.22. The fraction of sp³-hybridized carbons (Fsp3) is 0.0800. The number of benzene rings is 3. The molecule has 27 heavy (non-hydrogen) atoms. The van der Waals surface area contributed by atoms with Crippen molar-refractivity contribution >= 4 is 28.3 Å². The molecule has 130 valence electrons. The van der Waals surface area contributed by atoms with Crippen molar-refractivity contribution < 1.29 is 4.57 Å². The van der Waals surface area contributed by atoms with Gasteiger partial charge < -0.3 is 0 Å². The third-order valence-electron chi connectivity index (χ3n) is 5.35. The van der Waals surface area contributed by atoms with Gasteiger partial charge >= 0.3 is 0 Å². The molecule has 0 spiro atoms. The molecule has 0 saturated heterocycles. The summed E-state index contributed by atoms with van der Waals surface area (Å²) in [7, 11) is 2.15. The number of allylic oxidation sites excluding steroid dienone is 3. The number of rotatable bonds is 2. The van der Waals surface area contributed by atoms with E-state index in [1.54, 1.807) is 0 Å². The highest BCUT2D eigenvalue weighted by atomic mass is 15.2. The highest BCUT2D eigenvalue weighted by Gasteiger charge is 2.25. The van der Waals surface area contributed by atoms with E-state index in [4.69, 9.17) is 0 Å². The fourth-order valence-electron chi connectivity index (χ4n) is 3.95. The number of hydrogen-bond donors (Lipinski definition) is 0. The van der Waals surface area contributed by atoms with Crippen LogP contribution in [0.5, 0.6) is 0 Å². The molecule has 0 bridgehead atoms. The zero-order valence-electron chi connectivity index (χ0n) is 15.3. The van der Waals surface area contributed by atoms with Crippen LogP contribution < -0.4 is 4.57 Å². The molecule has 0 radical (unpaired) electrons. The molecule has 3 aromatic carbocycles. The summed E-state index contributed by atoms with van der Waals surface area (Å²) in [5.41, 5.74) is 7.60. The van der Waals surface area contributed by atoms with Crippen LogP contribution in [0.4, 0.5) is 0 Å². The predicted molar refractivity (Wildman–Crippen MR) is 112 cm³/mol. The van der Waals surface area contributed by atoms with Crippen LogP contribution in [0.1, 0.15) is 17.0 Å². The molecule has 0 fully saturated rings. The quantitative estimate of drug-likeness (QED) is 0.445. The van der Waals surface area contributed by atoms with E-state index < -0.39 is 0 Å². The summed E-state index contributed by atoms with van der Waals surface area (Å²) >= 11 is 0. The average molecular weight is 349 g/mol. The highest BCUT2D eigenvalue weighted by Crippen LogP contribution is 2.30. The van der Waals surface area contributed by atoms with E-state index in [0.29, 0.717) is 0 Å². The molecule has 0 saturated carbocycles. The lowest BCUT2D eigenvalue weighted by Gasteiger charge is -2.07. The monoisotopic (exact) mass is 349 g/mol. The van der Waals surface area contributed by atoms with Crippen LogP contribution in [0, 0.1) is 0 Å². The zero-order chi connectivity index (χ0) is 18.2. The Balaban J connectivity index is 1.79. The van der Waals surface area contributed by atoms with Crippen molar-refractivity contribution in [1.29, 1.82) is 0 Å². The molecule has 0 N–H and O–H groups in total. The van der Waals surface area contributed by atoms with Crippen LogP contribution in [-0.2, 0) is 13.6 Å². The third-order valence-corrected chi connectivity index (χ3v) is 5.35. The molecule has 1 aliphatic heterocycles. The second-order valence-electron chi connectivity index (χ2n) is 6.99. The Bertz CT molecular complexity index is 1180. The van der Waals surface area contributed by atoms with Gasteiger partial charge in [0.25, 0.3) is 5.82 Å². The average Bonchev–Trinajstić information content (AvgIpc) is 2.89. The topological polar surface area (TPSA) is 8.81 Å². The molecular weight excluding hydrogens is 328 g/mol. The number of aryl methyl sites for hydroxylation is 1. The maximum Gasteiger partial charge on any atom is 0.283 e. The van der Waals surface area contributed by atoms with Crippen molar-refractivity contribution in [3.05, 3.63) is 108 Å². The summed E-state index contributed by atoms with van der Waals surface area (Å²) in [6, 6.07) is 30.0. The van der Waals surface area contributed by atoms with Crippen LogP contribution in [0.25, 0.3) is 28.3 Å². The Hall–Kier alpha value is -3.39. The second kappa shape index (κ2) is 6.40. The van der Waals surface area contributed by atoms with E-state index in [9.17, 15) is 0 Å². The van der Waals surface area contributed by atoms with Crippen molar-refractivity contribution in [2.45, 2.75) is 6.54 Å². The first kappa shape index (κ1) is 15.8. The number of hydrogen-bond acceptors (Lipinski definition) is 0. The third kappa shape index (κ3) is 2.70. The Morgan fingerprint density at radius 2 is 1.33 bits per heavy atom. The smallest absolute Gasteiger partial charge is 0.226 e. The van der Waals surface area contributed by atoms with Crippen LogP contribution >= 0.6 is 0 Å². The Morgan fingerprint density at radius 3 is 2.07 bits per heavy atom. The van der Waals surface area contributed by atoms with E-state index in [1.807, 2.05) is 0 Å². The summed E-state index contributed by atoms with van der Waals surface area (Å²) < 4.78 is 4.71. The summed E-state index contributed by atoms with van der Waals surface area (Å²) in [4.78, 5) is 0. The molecule has 0 atom stereocenters. The minimum Gasteiger partial charge on any atom is -0.226 e. The molecule has 2 nitrogen and oxygen atoms in total. The van der Waals surface area contributed by atoms with Gasteiger partial charge in [0, 0.05) is 11.6 Å². The van der Waals surface area contributed by atoms with Gasteiger partial charge in [0.15, 0.2) is 11.0 Å². The Morgan fingerprint density at radius 1 is 0.704 bits per heavy atom. The minimum absolute atomic E-state index is 0.855. The standard InChI is InChI=1S/C25H21N2/c1-26-23-14-8-9-15-24(23)27-18-22(20-12-6-3-7-13-20)16-21(17-25(26)27)19-10-4-2-5-11-19/h2-17H,18H2,1H3/q+1. The number of nitrogens with zero attached hydrogens (tertiary/aromatic N) is 2. The zero-order valence-corrected chi connectivity index (χ0v) is 15.3. The molecule has 1 aromatic heterocycles. The van der Waals surface area contributed by atoms with Crippen molar-refractivity contribution in [1.82, 2.24) is 4.57 Å². The summed E-state index contributed by atoms with van der Waals surface area (Å²) in [5, 5.41) is 0. The number of para-hydroxylation sites is 2. The first-order valence-corrected chi connectivity index (χ1v) is 9.31. The SMILES string of the molecule is C[n+]1c2n(c3ccccc31)CC(c1ccccc1)=CC(c1ccccc1)=C2. The predicted octanol–water partition coefficient (Wildman–Crippen LogP) is 5.10. The van der Waals surface area contributed by atoms with Gasteiger partial charge in [-0.2, -0.15) is 0 Å². The number of fused-ring (bicyclic) bond motifs is 3. The van der Waals surface area contributed by atoms with Gasteiger partial charge in [-0.1, -0.05) is 72.8 Å². The largest absolute Gasteiger partial charge is 0.283 e. The van der Waals surface area contributed by atoms with E-state index in [0.717, 1.165) is 6.54 Å². The molecule has 2 heterocycles. The molecule has 5 rings (SSSR count). The first-order valence-electron chi connectivity index (χ1n) is 9.31. The van der Waals surface area contributed by atoms with Crippen molar-refractivity contribution in [2.75, 3.05) is 0 Å². The lowest BCUT2D eigenvalue weighted by molar-refractivity contribution is -0.647. The highest BCUT2D eigenvalue weighted by molar-refractivity contribution is 5.94. The van der Waals surface area contributed by atoms with Gasteiger partial charge in [-0.05, 0) is 34.9 Å². The van der Waals surface area contributed by atoms with E-state index in [-0.39, 0.29) is 0 Å². The number of aromatic nitrogens is 2. The molecule has 0 aliphatic carbocycles. The van der Waals surface area contributed by atoms with E-state index in [2.05, 4.69) is 113 Å². The van der Waals surface area contributed by atoms with Gasteiger partial charge in [-0.25, -0.2) is 9.13 Å². The second-order valence-corrected chi connectivity index (χ2v) is 6.99. The molecule has 2 heteroatoms. The summed E-state index contributed by atoms with van der Waals surface area (Å²) in [6.45, 7) is 0.855. The van der Waals surface area contributed by atoms with Gasteiger partial charge in [-0.15, -0.1) is 0 Å². The van der Waals surface area contributed by atoms with E-state index in [1.165, 1.54) is 39.1 Å². The van der Waals surface area contributed by atoms with Crippen LogP contribution in [0.15, 0.2) is 91.0 Å². The van der Waals surface area contributed by atoms with Gasteiger partial charge in [0.1, 0.15) is 6.54 Å². The summed E-state index contributed by atoms with van der Waals surface area (Å²) in [6.07, 6.45) is 4.65. The normalized spacial score (nSPS) is 13.7. The van der Waals surface area contributed by atoms with Crippen LogP contribution in [0.2, 0.25) is 0 Å². The first-order chi connectivity index (χ1) is 13.3. The van der Waals surface area contributed by atoms with Crippen molar-refractivity contribution in [3.63, 3.8) is 0 Å². The van der Waals surface area contributed by atoms with Crippen molar-refractivity contribution in [3.8, 4) is 0 Å². The van der Waals surface area contributed by atoms with Crippen LogP contribution in [-0.4, -0.2) is 4.57 Å². The maximum absolute atomic E-state index is 2.42. The maximum atomic E-state index is 2.42. The molecule has 0 unspecified atom stereocenters. The Labute approximate surface area is 159 Å². The van der Waals surface area contributed by atoms with Gasteiger partial charge in [0.2, 0.25) is 0 Å².